The van der Waals surface area contributed by atoms with E-state index in [0.717, 1.165) is 25.2 Å². The molecule has 0 atom stereocenters. The van der Waals surface area contributed by atoms with Gasteiger partial charge in [0.2, 0.25) is 0 Å². The first-order valence-corrected chi connectivity index (χ1v) is 11.5. The average molecular weight is 456 g/mol. The van der Waals surface area contributed by atoms with Crippen molar-refractivity contribution in [1.82, 2.24) is 9.80 Å². The van der Waals surface area contributed by atoms with Crippen molar-refractivity contribution < 1.29 is 14.0 Å². The second kappa shape index (κ2) is 9.23. The Morgan fingerprint density at radius 3 is 2.06 bits per heavy atom. The Hall–Kier alpha value is -3.77. The number of hydrogen-bond acceptors (Lipinski definition) is 4. The van der Waals surface area contributed by atoms with Crippen LogP contribution in [0.3, 0.4) is 0 Å². The number of carbonyl (C=O) groups is 2. The molecule has 2 heterocycles. The maximum Gasteiger partial charge on any atom is 0.282 e. The predicted molar refractivity (Wildman–Crippen MR) is 130 cm³/mol. The Morgan fingerprint density at radius 1 is 0.765 bits per heavy atom. The first-order chi connectivity index (χ1) is 16.5. The SMILES string of the molecule is Cc1ccc(N2C(=O)C(c3ccc(F)cc3)=C(N3CCN(Cc4ccccc4)CC3)C2=O)cc1. The molecule has 1 saturated heterocycles. The second-order valence-electron chi connectivity index (χ2n) is 8.76. The summed E-state index contributed by atoms with van der Waals surface area (Å²) in [4.78, 5) is 32.8. The fourth-order valence-electron chi connectivity index (χ4n) is 4.59. The summed E-state index contributed by atoms with van der Waals surface area (Å²) in [6.07, 6.45) is 0. The zero-order valence-corrected chi connectivity index (χ0v) is 19.1. The van der Waals surface area contributed by atoms with E-state index in [1.165, 1.54) is 22.6 Å². The second-order valence-corrected chi connectivity index (χ2v) is 8.76. The zero-order valence-electron chi connectivity index (χ0n) is 19.1. The molecule has 1 fully saturated rings. The van der Waals surface area contributed by atoms with Crippen LogP contribution in [0.1, 0.15) is 16.7 Å². The van der Waals surface area contributed by atoms with Crippen LogP contribution in [0.4, 0.5) is 10.1 Å². The van der Waals surface area contributed by atoms with Crippen molar-refractivity contribution in [3.05, 3.63) is 107 Å². The van der Waals surface area contributed by atoms with Gasteiger partial charge >= 0.3 is 0 Å². The normalized spacial score (nSPS) is 17.1. The number of imide groups is 1. The molecule has 0 bridgehead atoms. The molecule has 34 heavy (non-hydrogen) atoms. The minimum Gasteiger partial charge on any atom is -0.364 e. The molecule has 172 valence electrons. The first-order valence-electron chi connectivity index (χ1n) is 11.5. The number of aryl methyl sites for hydroxylation is 1. The van der Waals surface area contributed by atoms with Gasteiger partial charge in [-0.1, -0.05) is 60.2 Å². The number of carbonyl (C=O) groups excluding carboxylic acids is 2. The van der Waals surface area contributed by atoms with E-state index in [4.69, 9.17) is 0 Å². The van der Waals surface area contributed by atoms with E-state index in [2.05, 4.69) is 17.0 Å². The van der Waals surface area contributed by atoms with Crippen LogP contribution in [0.5, 0.6) is 0 Å². The van der Waals surface area contributed by atoms with Crippen molar-refractivity contribution in [2.45, 2.75) is 13.5 Å². The lowest BCUT2D eigenvalue weighted by molar-refractivity contribution is -0.120. The molecule has 3 aromatic rings. The fraction of sp³-hybridized carbons (Fsp3) is 0.214. The molecule has 5 rings (SSSR count). The summed E-state index contributed by atoms with van der Waals surface area (Å²) in [6.45, 7) is 5.63. The number of amides is 2. The molecular formula is C28H26FN3O2. The number of hydrogen-bond donors (Lipinski definition) is 0. The van der Waals surface area contributed by atoms with E-state index < -0.39 is 0 Å². The number of piperazine rings is 1. The third-order valence-corrected chi connectivity index (χ3v) is 6.42. The monoisotopic (exact) mass is 455 g/mol. The fourth-order valence-corrected chi connectivity index (χ4v) is 4.59. The van der Waals surface area contributed by atoms with Crippen LogP contribution < -0.4 is 4.90 Å². The van der Waals surface area contributed by atoms with Crippen LogP contribution in [0.15, 0.2) is 84.6 Å². The van der Waals surface area contributed by atoms with Crippen molar-refractivity contribution >= 4 is 23.1 Å². The van der Waals surface area contributed by atoms with Gasteiger partial charge in [0.1, 0.15) is 11.5 Å². The number of nitrogens with zero attached hydrogens (tertiary/aromatic N) is 3. The number of benzene rings is 3. The summed E-state index contributed by atoms with van der Waals surface area (Å²) in [6, 6.07) is 23.4. The summed E-state index contributed by atoms with van der Waals surface area (Å²) < 4.78 is 13.6. The molecule has 0 spiro atoms. The lowest BCUT2D eigenvalue weighted by atomic mass is 10.0. The topological polar surface area (TPSA) is 43.9 Å². The lowest BCUT2D eigenvalue weighted by Gasteiger charge is -2.36. The molecule has 2 aliphatic rings. The van der Waals surface area contributed by atoms with Crippen LogP contribution in [-0.4, -0.2) is 47.8 Å². The van der Waals surface area contributed by atoms with Gasteiger partial charge in [-0.15, -0.1) is 0 Å². The van der Waals surface area contributed by atoms with Gasteiger partial charge in [-0.3, -0.25) is 14.5 Å². The average Bonchev–Trinajstić information content (AvgIpc) is 3.11. The summed E-state index contributed by atoms with van der Waals surface area (Å²) in [5.41, 5.74) is 4.12. The molecule has 3 aromatic carbocycles. The summed E-state index contributed by atoms with van der Waals surface area (Å²) in [7, 11) is 0. The highest BCUT2D eigenvalue weighted by atomic mass is 19.1. The van der Waals surface area contributed by atoms with E-state index in [1.54, 1.807) is 24.3 Å². The Balaban J connectivity index is 1.44. The molecule has 5 nitrogen and oxygen atoms in total. The number of anilines is 1. The molecule has 0 radical (unpaired) electrons. The highest BCUT2D eigenvalue weighted by Gasteiger charge is 2.43. The minimum absolute atomic E-state index is 0.329. The van der Waals surface area contributed by atoms with E-state index >= 15 is 0 Å². The predicted octanol–water partition coefficient (Wildman–Crippen LogP) is 4.24. The number of rotatable bonds is 5. The van der Waals surface area contributed by atoms with Crippen LogP contribution in [0.25, 0.3) is 5.57 Å². The molecule has 6 heteroatoms. The maximum atomic E-state index is 13.6. The molecule has 0 saturated carbocycles. The van der Waals surface area contributed by atoms with Crippen molar-refractivity contribution in [3.63, 3.8) is 0 Å². The zero-order chi connectivity index (χ0) is 23.7. The number of halogens is 1. The van der Waals surface area contributed by atoms with E-state index in [9.17, 15) is 14.0 Å². The largest absolute Gasteiger partial charge is 0.364 e. The van der Waals surface area contributed by atoms with Crippen LogP contribution in [0, 0.1) is 12.7 Å². The standard InChI is InChI=1S/C28H26FN3O2/c1-20-7-13-24(14-8-20)32-27(33)25(22-9-11-23(29)12-10-22)26(28(32)34)31-17-15-30(16-18-31)19-21-5-3-2-4-6-21/h2-14H,15-19H2,1H3. The minimum atomic E-state index is -0.382. The van der Waals surface area contributed by atoms with Crippen molar-refractivity contribution in [1.29, 1.82) is 0 Å². The van der Waals surface area contributed by atoms with Crippen molar-refractivity contribution in [3.8, 4) is 0 Å². The summed E-state index contributed by atoms with van der Waals surface area (Å²) in [5.74, 6) is -1.08. The van der Waals surface area contributed by atoms with Crippen molar-refractivity contribution in [2.75, 3.05) is 31.1 Å². The van der Waals surface area contributed by atoms with Gasteiger partial charge in [0.25, 0.3) is 11.8 Å². The summed E-state index contributed by atoms with van der Waals surface area (Å²) in [5, 5.41) is 0. The Morgan fingerprint density at radius 2 is 1.41 bits per heavy atom. The Labute approximate surface area is 198 Å². The van der Waals surface area contributed by atoms with Gasteiger partial charge < -0.3 is 4.90 Å². The van der Waals surface area contributed by atoms with Gasteiger partial charge in [0, 0.05) is 32.7 Å². The van der Waals surface area contributed by atoms with Gasteiger partial charge in [0.15, 0.2) is 0 Å². The molecule has 0 aromatic heterocycles. The highest BCUT2D eigenvalue weighted by Crippen LogP contribution is 2.35. The van der Waals surface area contributed by atoms with Gasteiger partial charge in [-0.2, -0.15) is 0 Å². The van der Waals surface area contributed by atoms with E-state index in [1.807, 2.05) is 42.2 Å². The molecule has 2 amide bonds. The van der Waals surface area contributed by atoms with Crippen molar-refractivity contribution in [2.24, 2.45) is 0 Å². The molecular weight excluding hydrogens is 429 g/mol. The Bertz CT molecular complexity index is 1230. The lowest BCUT2D eigenvalue weighted by Crippen LogP contribution is -2.47. The smallest absolute Gasteiger partial charge is 0.282 e. The van der Waals surface area contributed by atoms with Crippen LogP contribution >= 0.6 is 0 Å². The van der Waals surface area contributed by atoms with Crippen LogP contribution in [-0.2, 0) is 16.1 Å². The maximum absolute atomic E-state index is 13.6. The molecule has 2 aliphatic heterocycles. The van der Waals surface area contributed by atoms with Gasteiger partial charge in [0.05, 0.1) is 11.3 Å². The van der Waals surface area contributed by atoms with Gasteiger partial charge in [-0.05, 0) is 42.3 Å². The molecule has 0 aliphatic carbocycles. The molecule has 0 N–H and O–H groups in total. The first kappa shape index (κ1) is 22.0. The third kappa shape index (κ3) is 4.24. The van der Waals surface area contributed by atoms with E-state index in [-0.39, 0.29) is 17.6 Å². The summed E-state index contributed by atoms with van der Waals surface area (Å²) >= 11 is 0. The Kier molecular flexibility index (Phi) is 5.99. The highest BCUT2D eigenvalue weighted by molar-refractivity contribution is 6.45. The third-order valence-electron chi connectivity index (χ3n) is 6.42. The molecule has 0 unspecified atom stereocenters. The van der Waals surface area contributed by atoms with E-state index in [0.29, 0.717) is 35.6 Å². The van der Waals surface area contributed by atoms with Gasteiger partial charge in [-0.25, -0.2) is 9.29 Å². The van der Waals surface area contributed by atoms with Crippen LogP contribution in [0.2, 0.25) is 0 Å². The quantitative estimate of drug-likeness (QED) is 0.540.